The molecule has 0 spiro atoms. The molecule has 0 aliphatic carbocycles. The van der Waals surface area contributed by atoms with E-state index in [0.717, 1.165) is 22.6 Å². The highest BCUT2D eigenvalue weighted by Crippen LogP contribution is 2.29. The number of anilines is 1. The number of nitrogens with zero attached hydrogens (tertiary/aromatic N) is 3. The molecule has 0 aliphatic heterocycles. The standard InChI is InChI=1S/C19H15FN4O/c20-15-5-1-13(2-6-15)11-22-19-18(14-3-7-16(25)8-4-14)23-17-12-21-9-10-24(17)19/h1-10,12,22,25H,11H2. The number of nitrogens with one attached hydrogen (secondary N) is 1. The first-order valence-corrected chi connectivity index (χ1v) is 7.80. The molecule has 0 amide bonds. The van der Waals surface area contributed by atoms with Crippen LogP contribution in [0.5, 0.6) is 5.75 Å². The second-order valence-electron chi connectivity index (χ2n) is 5.64. The van der Waals surface area contributed by atoms with E-state index in [2.05, 4.69) is 15.3 Å². The summed E-state index contributed by atoms with van der Waals surface area (Å²) in [5.41, 5.74) is 3.31. The summed E-state index contributed by atoms with van der Waals surface area (Å²) in [6, 6.07) is 13.2. The Labute approximate surface area is 143 Å². The average molecular weight is 334 g/mol. The van der Waals surface area contributed by atoms with Crippen molar-refractivity contribution in [3.63, 3.8) is 0 Å². The largest absolute Gasteiger partial charge is 0.508 e. The number of phenols is 1. The quantitative estimate of drug-likeness (QED) is 0.595. The second-order valence-corrected chi connectivity index (χ2v) is 5.64. The van der Waals surface area contributed by atoms with Crippen molar-refractivity contribution >= 4 is 11.5 Å². The molecule has 5 nitrogen and oxygen atoms in total. The molecular formula is C19H15FN4O. The van der Waals surface area contributed by atoms with Crippen LogP contribution in [-0.4, -0.2) is 19.5 Å². The molecule has 124 valence electrons. The molecule has 0 saturated carbocycles. The Hall–Kier alpha value is -3.41. The summed E-state index contributed by atoms with van der Waals surface area (Å²) in [6.45, 7) is 0.529. The SMILES string of the molecule is Oc1ccc(-c2nc3cnccn3c2NCc2ccc(F)cc2)cc1. The lowest BCUT2D eigenvalue weighted by molar-refractivity contribution is 0.475. The summed E-state index contributed by atoms with van der Waals surface area (Å²) in [7, 11) is 0. The molecule has 0 aliphatic rings. The van der Waals surface area contributed by atoms with Crippen LogP contribution in [0.3, 0.4) is 0 Å². The van der Waals surface area contributed by atoms with E-state index in [1.165, 1.54) is 12.1 Å². The first kappa shape index (κ1) is 15.1. The number of hydrogen-bond acceptors (Lipinski definition) is 4. The van der Waals surface area contributed by atoms with Crippen LogP contribution in [0.4, 0.5) is 10.2 Å². The van der Waals surface area contributed by atoms with Crippen molar-refractivity contribution in [3.8, 4) is 17.0 Å². The molecule has 0 bridgehead atoms. The maximum absolute atomic E-state index is 13.1. The Morgan fingerprint density at radius 3 is 2.56 bits per heavy atom. The highest BCUT2D eigenvalue weighted by Gasteiger charge is 2.14. The Morgan fingerprint density at radius 1 is 1.04 bits per heavy atom. The average Bonchev–Trinajstić information content (AvgIpc) is 3.00. The van der Waals surface area contributed by atoms with Gasteiger partial charge in [0, 0.05) is 24.5 Å². The topological polar surface area (TPSA) is 62.5 Å². The zero-order valence-electron chi connectivity index (χ0n) is 13.2. The summed E-state index contributed by atoms with van der Waals surface area (Å²) in [5.74, 6) is 0.761. The van der Waals surface area contributed by atoms with Crippen molar-refractivity contribution in [2.24, 2.45) is 0 Å². The van der Waals surface area contributed by atoms with Crippen LogP contribution in [0.25, 0.3) is 16.9 Å². The third-order valence-corrected chi connectivity index (χ3v) is 3.94. The molecule has 0 fully saturated rings. The number of fused-ring (bicyclic) bond motifs is 1. The maximum Gasteiger partial charge on any atom is 0.157 e. The molecule has 6 heteroatoms. The van der Waals surface area contributed by atoms with Crippen LogP contribution >= 0.6 is 0 Å². The van der Waals surface area contributed by atoms with E-state index in [0.29, 0.717) is 12.2 Å². The third kappa shape index (κ3) is 3.01. The molecule has 4 aromatic rings. The molecule has 0 unspecified atom stereocenters. The fourth-order valence-electron chi connectivity index (χ4n) is 2.68. The number of imidazole rings is 1. The predicted octanol–water partition coefficient (Wildman–Crippen LogP) is 3.85. The molecule has 25 heavy (non-hydrogen) atoms. The molecule has 0 saturated heterocycles. The van der Waals surface area contributed by atoms with Crippen LogP contribution in [0.15, 0.2) is 67.1 Å². The maximum atomic E-state index is 13.1. The van der Waals surface area contributed by atoms with E-state index in [9.17, 15) is 9.50 Å². The van der Waals surface area contributed by atoms with E-state index in [1.54, 1.807) is 36.7 Å². The van der Waals surface area contributed by atoms with E-state index < -0.39 is 0 Å². The second kappa shape index (κ2) is 6.24. The molecule has 0 radical (unpaired) electrons. The van der Waals surface area contributed by atoms with Gasteiger partial charge >= 0.3 is 0 Å². The van der Waals surface area contributed by atoms with Crippen molar-refractivity contribution in [1.29, 1.82) is 0 Å². The number of benzene rings is 2. The summed E-state index contributed by atoms with van der Waals surface area (Å²) in [4.78, 5) is 8.75. The minimum Gasteiger partial charge on any atom is -0.508 e. The summed E-state index contributed by atoms with van der Waals surface area (Å²) >= 11 is 0. The van der Waals surface area contributed by atoms with Gasteiger partial charge in [-0.25, -0.2) is 9.37 Å². The normalized spacial score (nSPS) is 10.9. The van der Waals surface area contributed by atoms with E-state index >= 15 is 0 Å². The minimum atomic E-state index is -0.255. The number of rotatable bonds is 4. The van der Waals surface area contributed by atoms with E-state index in [-0.39, 0.29) is 11.6 Å². The van der Waals surface area contributed by atoms with Crippen molar-refractivity contribution in [1.82, 2.24) is 14.4 Å². The molecule has 4 rings (SSSR count). The van der Waals surface area contributed by atoms with Gasteiger partial charge in [-0.05, 0) is 42.0 Å². The molecule has 0 atom stereocenters. The first-order chi connectivity index (χ1) is 12.2. The molecule has 2 heterocycles. The number of aromatic hydroxyl groups is 1. The van der Waals surface area contributed by atoms with Crippen LogP contribution in [0.2, 0.25) is 0 Å². The first-order valence-electron chi connectivity index (χ1n) is 7.80. The third-order valence-electron chi connectivity index (χ3n) is 3.94. The summed E-state index contributed by atoms with van der Waals surface area (Å²) in [5, 5.41) is 12.9. The van der Waals surface area contributed by atoms with Crippen molar-refractivity contribution in [2.75, 3.05) is 5.32 Å². The molecule has 2 aromatic carbocycles. The van der Waals surface area contributed by atoms with Crippen LogP contribution in [0.1, 0.15) is 5.56 Å². The van der Waals surface area contributed by atoms with Gasteiger partial charge in [-0.2, -0.15) is 0 Å². The van der Waals surface area contributed by atoms with Gasteiger partial charge in [-0.3, -0.25) is 9.38 Å². The fraction of sp³-hybridized carbons (Fsp3) is 0.0526. The smallest absolute Gasteiger partial charge is 0.157 e. The Morgan fingerprint density at radius 2 is 1.80 bits per heavy atom. The Kier molecular flexibility index (Phi) is 3.78. The van der Waals surface area contributed by atoms with Crippen LogP contribution < -0.4 is 5.32 Å². The lowest BCUT2D eigenvalue weighted by Crippen LogP contribution is -2.03. The lowest BCUT2D eigenvalue weighted by Gasteiger charge is -2.09. The van der Waals surface area contributed by atoms with Gasteiger partial charge in [0.2, 0.25) is 0 Å². The number of phenolic OH excluding ortho intramolecular Hbond substituents is 1. The number of hydrogen-bond donors (Lipinski definition) is 2. The van der Waals surface area contributed by atoms with Gasteiger partial charge in [-0.15, -0.1) is 0 Å². The Balaban J connectivity index is 1.73. The summed E-state index contributed by atoms with van der Waals surface area (Å²) < 4.78 is 15.0. The van der Waals surface area contributed by atoms with Crippen LogP contribution in [-0.2, 0) is 6.54 Å². The minimum absolute atomic E-state index is 0.204. The van der Waals surface area contributed by atoms with Gasteiger partial charge < -0.3 is 10.4 Å². The number of halogens is 1. The van der Waals surface area contributed by atoms with Gasteiger partial charge in [0.15, 0.2) is 5.65 Å². The van der Waals surface area contributed by atoms with E-state index in [1.807, 2.05) is 22.7 Å². The monoisotopic (exact) mass is 334 g/mol. The zero-order valence-corrected chi connectivity index (χ0v) is 13.2. The molecule has 2 aromatic heterocycles. The van der Waals surface area contributed by atoms with Gasteiger partial charge in [0.1, 0.15) is 23.1 Å². The zero-order chi connectivity index (χ0) is 17.2. The lowest BCUT2D eigenvalue weighted by atomic mass is 10.1. The van der Waals surface area contributed by atoms with Crippen molar-refractivity contribution < 1.29 is 9.50 Å². The van der Waals surface area contributed by atoms with Crippen molar-refractivity contribution in [3.05, 3.63) is 78.5 Å². The van der Waals surface area contributed by atoms with Crippen molar-refractivity contribution in [2.45, 2.75) is 6.54 Å². The fourth-order valence-corrected chi connectivity index (χ4v) is 2.68. The Bertz CT molecular complexity index is 1010. The number of aromatic nitrogens is 3. The van der Waals surface area contributed by atoms with Crippen LogP contribution in [0, 0.1) is 5.82 Å². The highest BCUT2D eigenvalue weighted by atomic mass is 19.1. The van der Waals surface area contributed by atoms with E-state index in [4.69, 9.17) is 0 Å². The molecular weight excluding hydrogens is 319 g/mol. The van der Waals surface area contributed by atoms with Gasteiger partial charge in [0.05, 0.1) is 6.20 Å². The predicted molar refractivity (Wildman–Crippen MR) is 93.8 cm³/mol. The summed E-state index contributed by atoms with van der Waals surface area (Å²) in [6.07, 6.45) is 5.21. The van der Waals surface area contributed by atoms with Gasteiger partial charge in [0.25, 0.3) is 0 Å². The highest BCUT2D eigenvalue weighted by molar-refractivity contribution is 5.76. The molecule has 2 N–H and O–H groups in total. The van der Waals surface area contributed by atoms with Gasteiger partial charge in [-0.1, -0.05) is 12.1 Å².